The Kier molecular flexibility index (Phi) is 3.71. The van der Waals surface area contributed by atoms with Crippen molar-refractivity contribution >= 4 is 0 Å². The van der Waals surface area contributed by atoms with Gasteiger partial charge in [-0.3, -0.25) is 0 Å². The summed E-state index contributed by atoms with van der Waals surface area (Å²) in [6.07, 6.45) is 1.76. The average molecular weight is 340 g/mol. The maximum Gasteiger partial charge on any atom is 0.0985 e. The summed E-state index contributed by atoms with van der Waals surface area (Å²) in [6, 6.07) is 0. The van der Waals surface area contributed by atoms with Crippen LogP contribution in [0.5, 0.6) is 0 Å². The minimum absolute atomic E-state index is 0.0193. The van der Waals surface area contributed by atoms with E-state index in [1.165, 1.54) is 0 Å². The standard InChI is InChI=1S/C19H32O5/c1-17-5-4-12-11(16(17)13(21)8-14(17)22)7-15(23)19(24)9-10(20)3-6-18(12,19)2/h10-16,20-24H,3-9H2,1-2H3/t10?,11-,12-,13?,14?,15?,16-,17-,18-,19?/m1/s1. The summed E-state index contributed by atoms with van der Waals surface area (Å²) >= 11 is 0. The van der Waals surface area contributed by atoms with E-state index in [4.69, 9.17) is 0 Å². The summed E-state index contributed by atoms with van der Waals surface area (Å²) in [5, 5.41) is 53.3. The van der Waals surface area contributed by atoms with Gasteiger partial charge in [0.05, 0.1) is 30.0 Å². The molecule has 138 valence electrons. The predicted molar refractivity (Wildman–Crippen MR) is 88.0 cm³/mol. The van der Waals surface area contributed by atoms with E-state index in [9.17, 15) is 25.5 Å². The van der Waals surface area contributed by atoms with Gasteiger partial charge >= 0.3 is 0 Å². The average Bonchev–Trinajstić information content (AvgIpc) is 2.73. The fraction of sp³-hybridized carbons (Fsp3) is 1.00. The van der Waals surface area contributed by atoms with Crippen molar-refractivity contribution in [1.29, 1.82) is 0 Å². The summed E-state index contributed by atoms with van der Waals surface area (Å²) in [4.78, 5) is 0. The summed E-state index contributed by atoms with van der Waals surface area (Å²) in [7, 11) is 0. The Morgan fingerprint density at radius 3 is 2.29 bits per heavy atom. The van der Waals surface area contributed by atoms with Gasteiger partial charge in [-0.15, -0.1) is 0 Å². The Bertz CT molecular complexity index is 526. The van der Waals surface area contributed by atoms with Crippen LogP contribution < -0.4 is 0 Å². The van der Waals surface area contributed by atoms with Gasteiger partial charge in [0.15, 0.2) is 0 Å². The highest BCUT2D eigenvalue weighted by molar-refractivity contribution is 5.18. The molecule has 0 heterocycles. The van der Waals surface area contributed by atoms with E-state index >= 15 is 0 Å². The molecular formula is C19H32O5. The normalized spacial score (nSPS) is 63.4. The molecule has 5 unspecified atom stereocenters. The van der Waals surface area contributed by atoms with Crippen LogP contribution in [0.1, 0.15) is 58.8 Å². The second-order valence-electron chi connectivity index (χ2n) is 9.65. The van der Waals surface area contributed by atoms with Crippen molar-refractivity contribution in [2.75, 3.05) is 0 Å². The maximum absolute atomic E-state index is 11.3. The van der Waals surface area contributed by atoms with Crippen molar-refractivity contribution in [3.8, 4) is 0 Å². The fourth-order valence-corrected chi connectivity index (χ4v) is 7.30. The number of fused-ring (bicyclic) bond motifs is 5. The monoisotopic (exact) mass is 340 g/mol. The maximum atomic E-state index is 11.3. The zero-order chi connectivity index (χ0) is 17.5. The van der Waals surface area contributed by atoms with Crippen molar-refractivity contribution in [3.05, 3.63) is 0 Å². The number of aliphatic hydroxyl groups is 5. The van der Waals surface area contributed by atoms with Gasteiger partial charge in [0.25, 0.3) is 0 Å². The SMILES string of the molecule is C[C@]12CC[C@@H]3[C@@H](CC(O)C4(O)CC(O)CC[C@]34C)[C@@H]1C(O)CC2O. The molecule has 4 saturated carbocycles. The van der Waals surface area contributed by atoms with Gasteiger partial charge in [-0.05, 0) is 55.3 Å². The number of hydrogen-bond donors (Lipinski definition) is 5. The van der Waals surface area contributed by atoms with Crippen molar-refractivity contribution in [2.45, 2.75) is 88.8 Å². The molecule has 0 aromatic heterocycles. The largest absolute Gasteiger partial charge is 0.393 e. The zero-order valence-electron chi connectivity index (χ0n) is 14.7. The lowest BCUT2D eigenvalue weighted by Gasteiger charge is -2.65. The molecule has 0 bridgehead atoms. The molecule has 5 nitrogen and oxygen atoms in total. The number of aliphatic hydroxyl groups excluding tert-OH is 4. The smallest absolute Gasteiger partial charge is 0.0985 e. The Hall–Kier alpha value is -0.200. The number of rotatable bonds is 0. The fourth-order valence-electron chi connectivity index (χ4n) is 7.30. The van der Waals surface area contributed by atoms with E-state index in [2.05, 4.69) is 13.8 Å². The highest BCUT2D eigenvalue weighted by atomic mass is 16.3. The third-order valence-electron chi connectivity index (χ3n) is 8.77. The van der Waals surface area contributed by atoms with Crippen molar-refractivity contribution < 1.29 is 25.5 Å². The van der Waals surface area contributed by atoms with Gasteiger partial charge in [0.1, 0.15) is 0 Å². The van der Waals surface area contributed by atoms with Gasteiger partial charge in [0.2, 0.25) is 0 Å². The van der Waals surface area contributed by atoms with Crippen LogP contribution in [0.2, 0.25) is 0 Å². The topological polar surface area (TPSA) is 101 Å². The van der Waals surface area contributed by atoms with Crippen LogP contribution in [0.25, 0.3) is 0 Å². The Morgan fingerprint density at radius 1 is 0.875 bits per heavy atom. The van der Waals surface area contributed by atoms with Gasteiger partial charge in [0, 0.05) is 18.3 Å². The van der Waals surface area contributed by atoms with Crippen LogP contribution in [0.3, 0.4) is 0 Å². The Labute approximate surface area is 143 Å². The first kappa shape index (κ1) is 17.2. The van der Waals surface area contributed by atoms with E-state index in [0.29, 0.717) is 25.7 Å². The minimum atomic E-state index is -1.25. The first-order chi connectivity index (χ1) is 11.1. The first-order valence-corrected chi connectivity index (χ1v) is 9.58. The summed E-state index contributed by atoms with van der Waals surface area (Å²) in [5.74, 6) is 0.317. The van der Waals surface area contributed by atoms with E-state index < -0.39 is 35.4 Å². The van der Waals surface area contributed by atoms with E-state index in [0.717, 1.165) is 12.8 Å². The van der Waals surface area contributed by atoms with E-state index in [1.807, 2.05) is 0 Å². The third-order valence-corrected chi connectivity index (χ3v) is 8.77. The lowest BCUT2D eigenvalue weighted by molar-refractivity contribution is -0.268. The lowest BCUT2D eigenvalue weighted by atomic mass is 9.42. The molecule has 0 aromatic rings. The van der Waals surface area contributed by atoms with Crippen molar-refractivity contribution in [3.63, 3.8) is 0 Å². The van der Waals surface area contributed by atoms with Crippen LogP contribution >= 0.6 is 0 Å². The molecule has 0 aliphatic heterocycles. The van der Waals surface area contributed by atoms with Crippen LogP contribution in [0.4, 0.5) is 0 Å². The molecular weight excluding hydrogens is 308 g/mol. The molecule has 4 aliphatic rings. The molecule has 0 radical (unpaired) electrons. The summed E-state index contributed by atoms with van der Waals surface area (Å²) in [6.45, 7) is 4.15. The molecule has 4 fully saturated rings. The third kappa shape index (κ3) is 1.94. The molecule has 0 amide bonds. The van der Waals surface area contributed by atoms with E-state index in [-0.39, 0.29) is 29.6 Å². The predicted octanol–water partition coefficient (Wildman–Crippen LogP) is 0.807. The molecule has 5 heteroatoms. The summed E-state index contributed by atoms with van der Waals surface area (Å²) in [5.41, 5.74) is -1.98. The van der Waals surface area contributed by atoms with Gasteiger partial charge in [-0.1, -0.05) is 13.8 Å². The highest BCUT2D eigenvalue weighted by Gasteiger charge is 2.68. The van der Waals surface area contributed by atoms with Gasteiger partial charge in [-0.25, -0.2) is 0 Å². The first-order valence-electron chi connectivity index (χ1n) is 9.58. The molecule has 4 aliphatic carbocycles. The summed E-state index contributed by atoms with van der Waals surface area (Å²) < 4.78 is 0. The minimum Gasteiger partial charge on any atom is -0.393 e. The van der Waals surface area contributed by atoms with Gasteiger partial charge in [-0.2, -0.15) is 0 Å². The van der Waals surface area contributed by atoms with Crippen molar-refractivity contribution in [2.24, 2.45) is 28.6 Å². The molecule has 4 rings (SSSR count). The molecule has 0 saturated heterocycles. The highest BCUT2D eigenvalue weighted by Crippen LogP contribution is 2.67. The molecule has 0 aromatic carbocycles. The zero-order valence-corrected chi connectivity index (χ0v) is 14.7. The second kappa shape index (κ2) is 5.17. The van der Waals surface area contributed by atoms with E-state index in [1.54, 1.807) is 0 Å². The van der Waals surface area contributed by atoms with Gasteiger partial charge < -0.3 is 25.5 Å². The van der Waals surface area contributed by atoms with Crippen LogP contribution in [0.15, 0.2) is 0 Å². The molecule has 24 heavy (non-hydrogen) atoms. The van der Waals surface area contributed by atoms with Crippen molar-refractivity contribution in [1.82, 2.24) is 0 Å². The quantitative estimate of drug-likeness (QED) is 0.449. The molecule has 5 N–H and O–H groups in total. The van der Waals surface area contributed by atoms with Crippen LogP contribution in [-0.2, 0) is 0 Å². The number of hydrogen-bond acceptors (Lipinski definition) is 5. The lowest BCUT2D eigenvalue weighted by Crippen LogP contribution is -2.69. The Morgan fingerprint density at radius 2 is 1.58 bits per heavy atom. The second-order valence-corrected chi connectivity index (χ2v) is 9.65. The molecule has 10 atom stereocenters. The van der Waals surface area contributed by atoms with Crippen LogP contribution in [-0.4, -0.2) is 55.5 Å². The van der Waals surface area contributed by atoms with Crippen LogP contribution in [0, 0.1) is 28.6 Å². The molecule has 0 spiro atoms. The Balaban J connectivity index is 1.73.